The first-order valence-electron chi connectivity index (χ1n) is 6.40. The summed E-state index contributed by atoms with van der Waals surface area (Å²) in [5.41, 5.74) is 0.711. The molecule has 1 aromatic carbocycles. The SMILES string of the molecule is CC1(C)CCCCC1(O)Cc1ccc(Br)cc1. The minimum Gasteiger partial charge on any atom is -0.389 e. The molecule has 0 radical (unpaired) electrons. The van der Waals surface area contributed by atoms with Gasteiger partial charge in [0, 0.05) is 10.9 Å². The fraction of sp³-hybridized carbons (Fsp3) is 0.600. The maximum atomic E-state index is 10.9. The monoisotopic (exact) mass is 296 g/mol. The summed E-state index contributed by atoms with van der Waals surface area (Å²) in [4.78, 5) is 0. The van der Waals surface area contributed by atoms with Crippen molar-refractivity contribution in [2.24, 2.45) is 5.41 Å². The van der Waals surface area contributed by atoms with Crippen LogP contribution in [0.25, 0.3) is 0 Å². The zero-order valence-electron chi connectivity index (χ0n) is 10.7. The minimum absolute atomic E-state index is 0.0261. The third kappa shape index (κ3) is 2.74. The Bertz CT molecular complexity index is 382. The number of hydrogen-bond donors (Lipinski definition) is 1. The number of aliphatic hydroxyl groups is 1. The zero-order valence-corrected chi connectivity index (χ0v) is 12.3. The zero-order chi connectivity index (χ0) is 12.5. The van der Waals surface area contributed by atoms with Crippen molar-refractivity contribution in [3.8, 4) is 0 Å². The second-order valence-corrected chi connectivity index (χ2v) is 6.84. The Balaban J connectivity index is 2.18. The molecule has 94 valence electrons. The molecular weight excluding hydrogens is 276 g/mol. The Hall–Kier alpha value is -0.340. The molecule has 2 rings (SSSR count). The highest BCUT2D eigenvalue weighted by molar-refractivity contribution is 9.10. The van der Waals surface area contributed by atoms with E-state index in [1.807, 2.05) is 0 Å². The van der Waals surface area contributed by atoms with Crippen LogP contribution in [-0.2, 0) is 6.42 Å². The van der Waals surface area contributed by atoms with E-state index in [2.05, 4.69) is 54.0 Å². The van der Waals surface area contributed by atoms with Crippen LogP contribution < -0.4 is 0 Å². The van der Waals surface area contributed by atoms with Gasteiger partial charge in [-0.2, -0.15) is 0 Å². The van der Waals surface area contributed by atoms with E-state index in [0.29, 0.717) is 0 Å². The standard InChI is InChI=1S/C15H21BrO/c1-14(2)9-3-4-10-15(14,17)11-12-5-7-13(16)8-6-12/h5-8,17H,3-4,9-11H2,1-2H3. The molecule has 0 spiro atoms. The molecule has 1 unspecified atom stereocenters. The maximum absolute atomic E-state index is 10.9. The van der Waals surface area contributed by atoms with Gasteiger partial charge >= 0.3 is 0 Å². The lowest BCUT2D eigenvalue weighted by Crippen LogP contribution is -2.48. The van der Waals surface area contributed by atoms with Crippen molar-refractivity contribution in [3.63, 3.8) is 0 Å². The molecule has 0 amide bonds. The predicted octanol–water partition coefficient (Wildman–Crippen LogP) is 4.32. The molecule has 0 bridgehead atoms. The lowest BCUT2D eigenvalue weighted by atomic mass is 9.63. The summed E-state index contributed by atoms with van der Waals surface area (Å²) in [6, 6.07) is 8.31. The summed E-state index contributed by atoms with van der Waals surface area (Å²) in [6.45, 7) is 4.40. The molecule has 17 heavy (non-hydrogen) atoms. The highest BCUT2D eigenvalue weighted by Gasteiger charge is 2.44. The fourth-order valence-electron chi connectivity index (χ4n) is 2.82. The summed E-state index contributed by atoms with van der Waals surface area (Å²) in [5, 5.41) is 10.9. The molecule has 1 aromatic rings. The highest BCUT2D eigenvalue weighted by Crippen LogP contribution is 2.45. The molecule has 1 nitrogen and oxygen atoms in total. The lowest BCUT2D eigenvalue weighted by Gasteiger charge is -2.46. The van der Waals surface area contributed by atoms with Crippen LogP contribution in [0, 0.1) is 5.41 Å². The van der Waals surface area contributed by atoms with Crippen LogP contribution in [0.15, 0.2) is 28.7 Å². The summed E-state index contributed by atoms with van der Waals surface area (Å²) < 4.78 is 1.09. The van der Waals surface area contributed by atoms with Crippen molar-refractivity contribution in [1.29, 1.82) is 0 Å². The van der Waals surface area contributed by atoms with Crippen molar-refractivity contribution in [3.05, 3.63) is 34.3 Å². The molecule has 1 saturated carbocycles. The van der Waals surface area contributed by atoms with Gasteiger partial charge in [0.1, 0.15) is 0 Å². The van der Waals surface area contributed by atoms with Gasteiger partial charge in [0.2, 0.25) is 0 Å². The molecule has 0 heterocycles. The van der Waals surface area contributed by atoms with Crippen LogP contribution in [0.1, 0.15) is 45.1 Å². The van der Waals surface area contributed by atoms with Gasteiger partial charge in [-0.3, -0.25) is 0 Å². The van der Waals surface area contributed by atoms with E-state index in [1.54, 1.807) is 0 Å². The smallest absolute Gasteiger partial charge is 0.0738 e. The number of hydrogen-bond acceptors (Lipinski definition) is 1. The van der Waals surface area contributed by atoms with Crippen molar-refractivity contribution >= 4 is 15.9 Å². The lowest BCUT2D eigenvalue weighted by molar-refractivity contribution is -0.0958. The molecular formula is C15H21BrO. The Labute approximate surface area is 112 Å². The molecule has 1 N–H and O–H groups in total. The Morgan fingerprint density at radius 3 is 2.29 bits per heavy atom. The van der Waals surface area contributed by atoms with Gasteiger partial charge < -0.3 is 5.11 Å². The van der Waals surface area contributed by atoms with E-state index in [1.165, 1.54) is 12.0 Å². The van der Waals surface area contributed by atoms with Gasteiger partial charge in [-0.25, -0.2) is 0 Å². The van der Waals surface area contributed by atoms with Gasteiger partial charge in [0.15, 0.2) is 0 Å². The number of benzene rings is 1. The van der Waals surface area contributed by atoms with E-state index < -0.39 is 5.60 Å². The van der Waals surface area contributed by atoms with Crippen molar-refractivity contribution in [2.75, 3.05) is 0 Å². The van der Waals surface area contributed by atoms with Crippen LogP contribution in [-0.4, -0.2) is 10.7 Å². The maximum Gasteiger partial charge on any atom is 0.0738 e. The van der Waals surface area contributed by atoms with Crippen LogP contribution in [0.4, 0.5) is 0 Å². The van der Waals surface area contributed by atoms with Crippen LogP contribution in [0.3, 0.4) is 0 Å². The molecule has 0 aromatic heterocycles. The topological polar surface area (TPSA) is 20.2 Å². The quantitative estimate of drug-likeness (QED) is 0.861. The van der Waals surface area contributed by atoms with Crippen LogP contribution in [0.2, 0.25) is 0 Å². The summed E-state index contributed by atoms with van der Waals surface area (Å²) in [5.74, 6) is 0. The molecule has 2 heteroatoms. The first-order chi connectivity index (χ1) is 7.93. The molecule has 1 aliphatic carbocycles. The molecule has 1 atom stereocenters. The van der Waals surface area contributed by atoms with E-state index in [9.17, 15) is 5.11 Å². The first kappa shape index (κ1) is 13.1. The fourth-order valence-corrected chi connectivity index (χ4v) is 3.09. The largest absolute Gasteiger partial charge is 0.389 e. The normalized spacial score (nSPS) is 28.0. The summed E-state index contributed by atoms with van der Waals surface area (Å²) in [6.07, 6.45) is 5.22. The van der Waals surface area contributed by atoms with Gasteiger partial charge in [-0.15, -0.1) is 0 Å². The molecule has 0 saturated heterocycles. The Kier molecular flexibility index (Phi) is 3.65. The number of halogens is 1. The van der Waals surface area contributed by atoms with Crippen LogP contribution >= 0.6 is 15.9 Å². The van der Waals surface area contributed by atoms with Crippen molar-refractivity contribution in [2.45, 2.75) is 51.6 Å². The molecule has 0 aliphatic heterocycles. The highest BCUT2D eigenvalue weighted by atomic mass is 79.9. The second-order valence-electron chi connectivity index (χ2n) is 5.93. The third-order valence-electron chi connectivity index (χ3n) is 4.31. The summed E-state index contributed by atoms with van der Waals surface area (Å²) in [7, 11) is 0. The number of rotatable bonds is 2. The third-order valence-corrected chi connectivity index (χ3v) is 4.84. The van der Waals surface area contributed by atoms with Crippen molar-refractivity contribution < 1.29 is 5.11 Å². The summed E-state index contributed by atoms with van der Waals surface area (Å²) >= 11 is 3.44. The van der Waals surface area contributed by atoms with Gasteiger partial charge in [0.25, 0.3) is 0 Å². The van der Waals surface area contributed by atoms with Crippen LogP contribution in [0.5, 0.6) is 0 Å². The van der Waals surface area contributed by atoms with E-state index in [-0.39, 0.29) is 5.41 Å². The van der Waals surface area contributed by atoms with Gasteiger partial charge in [0.05, 0.1) is 5.60 Å². The van der Waals surface area contributed by atoms with E-state index in [0.717, 1.165) is 30.2 Å². The van der Waals surface area contributed by atoms with Gasteiger partial charge in [-0.05, 0) is 36.0 Å². The first-order valence-corrected chi connectivity index (χ1v) is 7.19. The van der Waals surface area contributed by atoms with Crippen molar-refractivity contribution in [1.82, 2.24) is 0 Å². The second kappa shape index (κ2) is 4.74. The minimum atomic E-state index is -0.543. The average molecular weight is 297 g/mol. The average Bonchev–Trinajstić information content (AvgIpc) is 2.26. The van der Waals surface area contributed by atoms with E-state index in [4.69, 9.17) is 0 Å². The van der Waals surface area contributed by atoms with Gasteiger partial charge in [-0.1, -0.05) is 54.8 Å². The molecule has 1 fully saturated rings. The molecule has 1 aliphatic rings. The Morgan fingerprint density at radius 2 is 1.71 bits per heavy atom. The van der Waals surface area contributed by atoms with E-state index >= 15 is 0 Å². The predicted molar refractivity (Wildman–Crippen MR) is 75.0 cm³/mol. The Morgan fingerprint density at radius 1 is 1.12 bits per heavy atom.